The van der Waals surface area contributed by atoms with E-state index in [1.807, 2.05) is 78.9 Å². The Morgan fingerprint density at radius 1 is 0.360 bits per heavy atom. The van der Waals surface area contributed by atoms with Gasteiger partial charge in [0.25, 0.3) is 0 Å². The Labute approximate surface area is 287 Å². The van der Waals surface area contributed by atoms with Gasteiger partial charge in [0, 0.05) is 32.8 Å². The molecule has 2 heterocycles. The van der Waals surface area contributed by atoms with Gasteiger partial charge in [-0.3, -0.25) is 0 Å². The molecule has 0 aliphatic rings. The highest BCUT2D eigenvalue weighted by atomic mass is 15.0. The van der Waals surface area contributed by atoms with Crippen molar-refractivity contribution in [3.8, 4) is 51.8 Å². The van der Waals surface area contributed by atoms with Crippen molar-refractivity contribution >= 4 is 43.6 Å². The molecule has 0 saturated heterocycles. The molecule has 9 rings (SSSR count). The molecule has 0 atom stereocenters. The normalized spacial score (nSPS) is 11.1. The van der Waals surface area contributed by atoms with Crippen molar-refractivity contribution in [2.75, 3.05) is 0 Å². The fraction of sp³-hybridized carbons (Fsp3) is 0. The van der Waals surface area contributed by atoms with E-state index in [2.05, 4.69) is 100 Å². The van der Waals surface area contributed by atoms with Crippen LogP contribution in [0.4, 0.5) is 0 Å². The van der Waals surface area contributed by atoms with Gasteiger partial charge >= 0.3 is 0 Å². The van der Waals surface area contributed by atoms with Crippen molar-refractivity contribution in [2.45, 2.75) is 0 Å². The van der Waals surface area contributed by atoms with Crippen LogP contribution in [0.3, 0.4) is 0 Å². The maximum atomic E-state index is 9.93. The smallest absolute Gasteiger partial charge is 0.0992 e. The number of fused-ring (bicyclic) bond motifs is 6. The quantitative estimate of drug-likeness (QED) is 0.193. The molecular formula is C45H25N5. The van der Waals surface area contributed by atoms with Crippen LogP contribution in [0.15, 0.2) is 152 Å². The second-order valence-corrected chi connectivity index (χ2v) is 12.4. The van der Waals surface area contributed by atoms with E-state index < -0.39 is 0 Å². The summed E-state index contributed by atoms with van der Waals surface area (Å²) in [7, 11) is 0. The van der Waals surface area contributed by atoms with E-state index in [4.69, 9.17) is 0 Å². The second-order valence-electron chi connectivity index (χ2n) is 12.4. The zero-order valence-corrected chi connectivity index (χ0v) is 26.7. The van der Waals surface area contributed by atoms with E-state index in [0.717, 1.165) is 77.2 Å². The molecule has 9 aromatic rings. The van der Waals surface area contributed by atoms with Gasteiger partial charge in [-0.25, -0.2) is 0 Å². The number of rotatable bonds is 4. The number of benzene rings is 7. The lowest BCUT2D eigenvalue weighted by atomic mass is 9.96. The van der Waals surface area contributed by atoms with Crippen LogP contribution in [0, 0.1) is 34.0 Å². The number of para-hydroxylation sites is 2. The largest absolute Gasteiger partial charge is 0.309 e. The van der Waals surface area contributed by atoms with E-state index in [1.165, 1.54) is 0 Å². The second kappa shape index (κ2) is 11.4. The average Bonchev–Trinajstić information content (AvgIpc) is 3.69. The SMILES string of the molecule is N#Cc1ccc(-c2cccc(-c3ccc(-n4c5ccccc5c5cc(C#N)ccc54)cc3)c2)c(-n2c3ccccc3c3cc(C#N)ccc32)c1. The van der Waals surface area contributed by atoms with Crippen LogP contribution in [-0.4, -0.2) is 9.13 Å². The summed E-state index contributed by atoms with van der Waals surface area (Å²) in [6.07, 6.45) is 0. The van der Waals surface area contributed by atoms with Gasteiger partial charge < -0.3 is 9.13 Å². The molecule has 5 heteroatoms. The first-order chi connectivity index (χ1) is 24.6. The van der Waals surface area contributed by atoms with E-state index in [0.29, 0.717) is 16.7 Å². The lowest BCUT2D eigenvalue weighted by Crippen LogP contribution is -1.98. The van der Waals surface area contributed by atoms with Gasteiger partial charge in [0.2, 0.25) is 0 Å². The summed E-state index contributed by atoms with van der Waals surface area (Å²) in [5, 5.41) is 33.3. The van der Waals surface area contributed by atoms with Gasteiger partial charge in [0.15, 0.2) is 0 Å². The number of aromatic nitrogens is 2. The van der Waals surface area contributed by atoms with Gasteiger partial charge in [-0.05, 0) is 95.6 Å². The van der Waals surface area contributed by atoms with Crippen LogP contribution in [0.2, 0.25) is 0 Å². The van der Waals surface area contributed by atoms with E-state index in [-0.39, 0.29) is 0 Å². The van der Waals surface area contributed by atoms with Crippen molar-refractivity contribution in [1.82, 2.24) is 9.13 Å². The summed E-state index contributed by atoms with van der Waals surface area (Å²) in [5.74, 6) is 0. The molecule has 230 valence electrons. The highest BCUT2D eigenvalue weighted by Gasteiger charge is 2.18. The van der Waals surface area contributed by atoms with Crippen molar-refractivity contribution < 1.29 is 0 Å². The molecule has 50 heavy (non-hydrogen) atoms. The van der Waals surface area contributed by atoms with E-state index in [9.17, 15) is 15.8 Å². The summed E-state index contributed by atoms with van der Waals surface area (Å²) in [6.45, 7) is 0. The number of nitrogens with zero attached hydrogens (tertiary/aromatic N) is 5. The molecule has 7 aromatic carbocycles. The maximum absolute atomic E-state index is 9.93. The molecular weight excluding hydrogens is 611 g/mol. The van der Waals surface area contributed by atoms with Crippen LogP contribution in [-0.2, 0) is 0 Å². The third-order valence-corrected chi connectivity index (χ3v) is 9.60. The van der Waals surface area contributed by atoms with Gasteiger partial charge in [0.1, 0.15) is 0 Å². The average molecular weight is 636 g/mol. The van der Waals surface area contributed by atoms with Crippen molar-refractivity contribution in [3.63, 3.8) is 0 Å². The summed E-state index contributed by atoms with van der Waals surface area (Å²) >= 11 is 0. The van der Waals surface area contributed by atoms with Gasteiger partial charge in [-0.1, -0.05) is 72.8 Å². The van der Waals surface area contributed by atoms with E-state index in [1.54, 1.807) is 0 Å². The zero-order chi connectivity index (χ0) is 33.8. The summed E-state index contributed by atoms with van der Waals surface area (Å²) in [4.78, 5) is 0. The molecule has 0 unspecified atom stereocenters. The zero-order valence-electron chi connectivity index (χ0n) is 26.7. The molecule has 5 nitrogen and oxygen atoms in total. The Morgan fingerprint density at radius 2 is 0.880 bits per heavy atom. The molecule has 0 radical (unpaired) electrons. The van der Waals surface area contributed by atoms with Gasteiger partial charge in [-0.2, -0.15) is 15.8 Å². The summed E-state index contributed by atoms with van der Waals surface area (Å²) in [6, 6.07) is 58.0. The van der Waals surface area contributed by atoms with Crippen LogP contribution in [0.25, 0.3) is 77.2 Å². The molecule has 0 saturated carbocycles. The molecule has 0 fully saturated rings. The molecule has 0 aliphatic carbocycles. The molecule has 2 aromatic heterocycles. The minimum Gasteiger partial charge on any atom is -0.309 e. The number of hydrogen-bond acceptors (Lipinski definition) is 3. The van der Waals surface area contributed by atoms with Crippen LogP contribution < -0.4 is 0 Å². The van der Waals surface area contributed by atoms with Crippen molar-refractivity contribution in [3.05, 3.63) is 168 Å². The van der Waals surface area contributed by atoms with Crippen molar-refractivity contribution in [1.29, 1.82) is 15.8 Å². The Balaban J connectivity index is 1.17. The Kier molecular flexibility index (Phi) is 6.56. The fourth-order valence-corrected chi connectivity index (χ4v) is 7.32. The van der Waals surface area contributed by atoms with Crippen molar-refractivity contribution in [2.24, 2.45) is 0 Å². The molecule has 0 spiro atoms. The molecule has 0 amide bonds. The third kappa shape index (κ3) is 4.45. The number of hydrogen-bond donors (Lipinski definition) is 0. The summed E-state index contributed by atoms with van der Waals surface area (Å²) in [5.41, 5.74) is 12.1. The minimum atomic E-state index is 0.573. The van der Waals surface area contributed by atoms with E-state index >= 15 is 0 Å². The monoisotopic (exact) mass is 635 g/mol. The maximum Gasteiger partial charge on any atom is 0.0992 e. The van der Waals surface area contributed by atoms with Crippen LogP contribution in [0.1, 0.15) is 16.7 Å². The van der Waals surface area contributed by atoms with Gasteiger partial charge in [-0.15, -0.1) is 0 Å². The van der Waals surface area contributed by atoms with Gasteiger partial charge in [0.05, 0.1) is 62.7 Å². The molecule has 0 bridgehead atoms. The highest BCUT2D eigenvalue weighted by Crippen LogP contribution is 2.38. The predicted molar refractivity (Wildman–Crippen MR) is 200 cm³/mol. The van der Waals surface area contributed by atoms with Crippen LogP contribution >= 0.6 is 0 Å². The predicted octanol–water partition coefficient (Wildman–Crippen LogP) is 10.8. The number of nitriles is 3. The lowest BCUT2D eigenvalue weighted by Gasteiger charge is -2.16. The Bertz CT molecular complexity index is 2960. The molecule has 0 N–H and O–H groups in total. The lowest BCUT2D eigenvalue weighted by molar-refractivity contribution is 1.18. The highest BCUT2D eigenvalue weighted by molar-refractivity contribution is 6.11. The topological polar surface area (TPSA) is 81.2 Å². The first-order valence-corrected chi connectivity index (χ1v) is 16.3. The minimum absolute atomic E-state index is 0.573. The Hall–Kier alpha value is -7.39. The Morgan fingerprint density at radius 3 is 1.52 bits per heavy atom. The first kappa shape index (κ1) is 28.8. The first-order valence-electron chi connectivity index (χ1n) is 16.3. The summed E-state index contributed by atoms with van der Waals surface area (Å²) < 4.78 is 4.45. The standard InChI is InChI=1S/C45H25N5/c46-26-29-13-20-43-39(22-29)37-8-1-3-10-41(37)49(43)35-17-15-32(16-18-35)33-6-5-7-34(25-33)36-19-12-31(28-48)24-45(36)50-42-11-4-2-9-38(42)40-23-30(27-47)14-21-44(40)50/h1-25H. The third-order valence-electron chi connectivity index (χ3n) is 9.60. The fourth-order valence-electron chi connectivity index (χ4n) is 7.32. The van der Waals surface area contributed by atoms with Crippen LogP contribution in [0.5, 0.6) is 0 Å². The molecule has 0 aliphatic heterocycles.